The summed E-state index contributed by atoms with van der Waals surface area (Å²) in [7, 11) is 1.89. The number of hydrogen-bond donors (Lipinski definition) is 2. The zero-order valence-electron chi connectivity index (χ0n) is 10.5. The van der Waals surface area contributed by atoms with Crippen molar-refractivity contribution >= 4 is 0 Å². The smallest absolute Gasteiger partial charge is 0.138 e. The molecule has 0 aliphatic rings. The third-order valence-electron chi connectivity index (χ3n) is 3.00. The van der Waals surface area contributed by atoms with Gasteiger partial charge in [0.2, 0.25) is 0 Å². The molecule has 0 bridgehead atoms. The Balaban J connectivity index is 1.88. The Morgan fingerprint density at radius 2 is 2.17 bits per heavy atom. The SMILES string of the molecule is Cn1ncnc1CC(CCc1ccncc1)NN. The normalized spacial score (nSPS) is 12.6. The van der Waals surface area contributed by atoms with E-state index in [0.717, 1.165) is 25.1 Å². The average molecular weight is 246 g/mol. The lowest BCUT2D eigenvalue weighted by Gasteiger charge is -2.15. The van der Waals surface area contributed by atoms with E-state index in [1.165, 1.54) is 5.56 Å². The second-order valence-electron chi connectivity index (χ2n) is 4.26. The van der Waals surface area contributed by atoms with E-state index in [2.05, 4.69) is 20.5 Å². The Hall–Kier alpha value is -1.79. The van der Waals surface area contributed by atoms with Gasteiger partial charge in [-0.1, -0.05) is 0 Å². The largest absolute Gasteiger partial charge is 0.271 e. The van der Waals surface area contributed by atoms with Crippen molar-refractivity contribution in [3.8, 4) is 0 Å². The van der Waals surface area contributed by atoms with Crippen molar-refractivity contribution in [2.75, 3.05) is 0 Å². The van der Waals surface area contributed by atoms with Gasteiger partial charge in [-0.15, -0.1) is 0 Å². The molecule has 0 amide bonds. The molecule has 0 saturated heterocycles. The van der Waals surface area contributed by atoms with Crippen molar-refractivity contribution < 1.29 is 0 Å². The predicted octanol–water partition coefficient (Wildman–Crippen LogP) is 0.217. The van der Waals surface area contributed by atoms with Gasteiger partial charge in [-0.3, -0.25) is 20.9 Å². The summed E-state index contributed by atoms with van der Waals surface area (Å²) in [6.45, 7) is 0. The van der Waals surface area contributed by atoms with Gasteiger partial charge in [0.15, 0.2) is 0 Å². The van der Waals surface area contributed by atoms with Crippen LogP contribution in [-0.4, -0.2) is 25.8 Å². The number of aromatic nitrogens is 4. The molecule has 1 unspecified atom stereocenters. The van der Waals surface area contributed by atoms with Crippen molar-refractivity contribution in [2.45, 2.75) is 25.3 Å². The highest BCUT2D eigenvalue weighted by molar-refractivity contribution is 5.10. The highest BCUT2D eigenvalue weighted by Gasteiger charge is 2.11. The summed E-state index contributed by atoms with van der Waals surface area (Å²) in [5.74, 6) is 6.52. The maximum Gasteiger partial charge on any atom is 0.138 e. The molecule has 2 heterocycles. The zero-order chi connectivity index (χ0) is 12.8. The molecule has 6 heteroatoms. The fourth-order valence-electron chi connectivity index (χ4n) is 1.86. The Morgan fingerprint density at radius 1 is 1.39 bits per heavy atom. The van der Waals surface area contributed by atoms with Crippen LogP contribution in [0.5, 0.6) is 0 Å². The summed E-state index contributed by atoms with van der Waals surface area (Å²) in [6.07, 6.45) is 7.87. The molecule has 6 nitrogen and oxygen atoms in total. The summed E-state index contributed by atoms with van der Waals surface area (Å²) in [5, 5.41) is 4.05. The van der Waals surface area contributed by atoms with Crippen molar-refractivity contribution in [3.05, 3.63) is 42.2 Å². The Morgan fingerprint density at radius 3 is 2.78 bits per heavy atom. The molecule has 3 N–H and O–H groups in total. The van der Waals surface area contributed by atoms with Gasteiger partial charge >= 0.3 is 0 Å². The minimum Gasteiger partial charge on any atom is -0.271 e. The number of pyridine rings is 1. The van der Waals surface area contributed by atoms with Crippen molar-refractivity contribution in [1.82, 2.24) is 25.2 Å². The molecule has 0 aromatic carbocycles. The molecule has 0 fully saturated rings. The monoisotopic (exact) mass is 246 g/mol. The number of hydrogen-bond acceptors (Lipinski definition) is 5. The molecule has 2 aromatic heterocycles. The number of aryl methyl sites for hydroxylation is 2. The van der Waals surface area contributed by atoms with Gasteiger partial charge in [0.25, 0.3) is 0 Å². The molecule has 1 atom stereocenters. The van der Waals surface area contributed by atoms with Crippen molar-refractivity contribution in [3.63, 3.8) is 0 Å². The molecule has 0 aliphatic carbocycles. The van der Waals surface area contributed by atoms with Gasteiger partial charge in [-0.05, 0) is 30.5 Å². The molecule has 0 aliphatic heterocycles. The molecule has 96 valence electrons. The lowest BCUT2D eigenvalue weighted by Crippen LogP contribution is -2.37. The standard InChI is InChI=1S/C12H18N6/c1-18-12(15-9-16-18)8-11(17-13)3-2-10-4-6-14-7-5-10/h4-7,9,11,17H,2-3,8,13H2,1H3. The summed E-state index contributed by atoms with van der Waals surface area (Å²) >= 11 is 0. The van der Waals surface area contributed by atoms with Crippen LogP contribution < -0.4 is 11.3 Å². The van der Waals surface area contributed by atoms with Gasteiger partial charge in [0.1, 0.15) is 12.2 Å². The molecule has 18 heavy (non-hydrogen) atoms. The van der Waals surface area contributed by atoms with Crippen LogP contribution in [0.3, 0.4) is 0 Å². The maximum absolute atomic E-state index is 5.58. The first-order chi connectivity index (χ1) is 8.79. The zero-order valence-corrected chi connectivity index (χ0v) is 10.5. The maximum atomic E-state index is 5.58. The topological polar surface area (TPSA) is 81.7 Å². The van der Waals surface area contributed by atoms with Crippen molar-refractivity contribution in [2.24, 2.45) is 12.9 Å². The van der Waals surface area contributed by atoms with Crippen molar-refractivity contribution in [1.29, 1.82) is 0 Å². The molecular formula is C12H18N6. The Kier molecular flexibility index (Phi) is 4.38. The third-order valence-corrected chi connectivity index (χ3v) is 3.00. The van der Waals surface area contributed by atoms with Crippen LogP contribution in [0.2, 0.25) is 0 Å². The second-order valence-corrected chi connectivity index (χ2v) is 4.26. The van der Waals surface area contributed by atoms with E-state index in [0.29, 0.717) is 0 Å². The van der Waals surface area contributed by atoms with E-state index in [9.17, 15) is 0 Å². The van der Waals surface area contributed by atoms with Gasteiger partial charge in [0.05, 0.1) is 0 Å². The molecule has 0 saturated carbocycles. The molecule has 2 aromatic rings. The average Bonchev–Trinajstić information content (AvgIpc) is 2.81. The number of nitrogens with two attached hydrogens (primary N) is 1. The third kappa shape index (κ3) is 3.35. The van der Waals surface area contributed by atoms with E-state index >= 15 is 0 Å². The number of hydrazine groups is 1. The first kappa shape index (κ1) is 12.7. The minimum absolute atomic E-state index is 0.195. The van der Waals surface area contributed by atoms with Crippen LogP contribution in [-0.2, 0) is 19.9 Å². The summed E-state index contributed by atoms with van der Waals surface area (Å²) in [4.78, 5) is 8.21. The second kappa shape index (κ2) is 6.23. The van der Waals surface area contributed by atoms with Crippen LogP contribution in [0.1, 0.15) is 17.8 Å². The van der Waals surface area contributed by atoms with Gasteiger partial charge in [-0.2, -0.15) is 5.10 Å². The first-order valence-electron chi connectivity index (χ1n) is 5.97. The number of rotatable bonds is 6. The highest BCUT2D eigenvalue weighted by Crippen LogP contribution is 2.07. The molecule has 0 radical (unpaired) electrons. The van der Waals surface area contributed by atoms with Crippen LogP contribution in [0, 0.1) is 0 Å². The highest BCUT2D eigenvalue weighted by atomic mass is 15.3. The fourth-order valence-corrected chi connectivity index (χ4v) is 1.86. The van der Waals surface area contributed by atoms with E-state index in [1.807, 2.05) is 31.6 Å². The summed E-state index contributed by atoms with van der Waals surface area (Å²) < 4.78 is 1.77. The molecule has 2 rings (SSSR count). The van der Waals surface area contributed by atoms with E-state index in [1.54, 1.807) is 11.0 Å². The summed E-state index contributed by atoms with van der Waals surface area (Å²) in [5.41, 5.74) is 4.11. The van der Waals surface area contributed by atoms with Crippen LogP contribution in [0.4, 0.5) is 0 Å². The minimum atomic E-state index is 0.195. The lowest BCUT2D eigenvalue weighted by molar-refractivity contribution is 0.472. The Bertz CT molecular complexity index is 466. The van der Waals surface area contributed by atoms with Crippen LogP contribution in [0.25, 0.3) is 0 Å². The van der Waals surface area contributed by atoms with E-state index in [4.69, 9.17) is 5.84 Å². The van der Waals surface area contributed by atoms with Crippen LogP contribution >= 0.6 is 0 Å². The Labute approximate surface area is 106 Å². The molecular weight excluding hydrogens is 228 g/mol. The lowest BCUT2D eigenvalue weighted by atomic mass is 10.0. The number of nitrogens with zero attached hydrogens (tertiary/aromatic N) is 4. The van der Waals surface area contributed by atoms with E-state index in [-0.39, 0.29) is 6.04 Å². The number of nitrogens with one attached hydrogen (secondary N) is 1. The van der Waals surface area contributed by atoms with Gasteiger partial charge in [-0.25, -0.2) is 4.98 Å². The summed E-state index contributed by atoms with van der Waals surface area (Å²) in [6, 6.07) is 4.24. The fraction of sp³-hybridized carbons (Fsp3) is 0.417. The quantitative estimate of drug-likeness (QED) is 0.563. The molecule has 0 spiro atoms. The van der Waals surface area contributed by atoms with Crippen LogP contribution in [0.15, 0.2) is 30.9 Å². The van der Waals surface area contributed by atoms with Gasteiger partial charge < -0.3 is 0 Å². The van der Waals surface area contributed by atoms with Gasteiger partial charge in [0, 0.05) is 31.9 Å². The predicted molar refractivity (Wildman–Crippen MR) is 68.4 cm³/mol. The van der Waals surface area contributed by atoms with E-state index < -0.39 is 0 Å². The first-order valence-corrected chi connectivity index (χ1v) is 5.97.